The number of rotatable bonds is 5. The molecule has 1 atom stereocenters. The Hall–Kier alpha value is -2.22. The number of amides is 3. The van der Waals surface area contributed by atoms with Gasteiger partial charge in [-0.1, -0.05) is 13.8 Å². The van der Waals surface area contributed by atoms with Gasteiger partial charge < -0.3 is 15.1 Å². The average Bonchev–Trinajstić information content (AvgIpc) is 3.48. The zero-order valence-corrected chi connectivity index (χ0v) is 17.3. The first-order chi connectivity index (χ1) is 13.3. The number of quaternary nitrogens is 1. The fourth-order valence-corrected chi connectivity index (χ4v) is 4.23. The van der Waals surface area contributed by atoms with Crippen molar-refractivity contribution in [3.8, 4) is 0 Å². The van der Waals surface area contributed by atoms with Gasteiger partial charge in [0.05, 0.1) is 26.2 Å². The number of carbonyl (C=O) groups excluding carboxylic acids is 2. The quantitative estimate of drug-likeness (QED) is 0.710. The van der Waals surface area contributed by atoms with Crippen LogP contribution in [0.25, 0.3) is 0 Å². The second kappa shape index (κ2) is 6.99. The number of piperazine rings is 1. The molecule has 1 aliphatic carbocycles. The molecule has 2 aliphatic heterocycles. The minimum Gasteiger partial charge on any atom is -0.345 e. The van der Waals surface area contributed by atoms with Crippen molar-refractivity contribution in [2.75, 3.05) is 37.7 Å². The van der Waals surface area contributed by atoms with Crippen LogP contribution < -0.4 is 15.1 Å². The van der Waals surface area contributed by atoms with E-state index in [4.69, 9.17) is 4.98 Å². The van der Waals surface area contributed by atoms with Gasteiger partial charge in [-0.3, -0.25) is 4.79 Å². The minimum absolute atomic E-state index is 0.0528. The molecule has 1 saturated carbocycles. The van der Waals surface area contributed by atoms with Crippen LogP contribution in [0.4, 0.5) is 10.6 Å². The average molecular weight is 388 g/mol. The Kier molecular flexibility index (Phi) is 4.77. The van der Waals surface area contributed by atoms with Gasteiger partial charge in [-0.15, -0.1) is 0 Å². The number of urea groups is 1. The largest absolute Gasteiger partial charge is 0.345 e. The third kappa shape index (κ3) is 3.45. The van der Waals surface area contributed by atoms with Crippen LogP contribution in [0, 0.1) is 12.8 Å². The van der Waals surface area contributed by atoms with E-state index in [-0.39, 0.29) is 11.9 Å². The van der Waals surface area contributed by atoms with Crippen LogP contribution in [0.5, 0.6) is 0 Å². The summed E-state index contributed by atoms with van der Waals surface area (Å²) in [5, 5.41) is 2.94. The zero-order valence-electron chi connectivity index (χ0n) is 17.3. The van der Waals surface area contributed by atoms with E-state index in [1.165, 1.54) is 9.80 Å². The van der Waals surface area contributed by atoms with E-state index in [9.17, 15) is 9.59 Å². The summed E-state index contributed by atoms with van der Waals surface area (Å²) in [5.74, 6) is 2.40. The van der Waals surface area contributed by atoms with Gasteiger partial charge in [0.2, 0.25) is 0 Å². The van der Waals surface area contributed by atoms with Crippen LogP contribution in [0.2, 0.25) is 0 Å². The van der Waals surface area contributed by atoms with E-state index >= 15 is 0 Å². The van der Waals surface area contributed by atoms with Gasteiger partial charge >= 0.3 is 6.03 Å². The third-order valence-electron chi connectivity index (χ3n) is 6.25. The minimum atomic E-state index is -0.690. The molecule has 3 amide bonds. The lowest BCUT2D eigenvalue weighted by atomic mass is 9.96. The lowest BCUT2D eigenvalue weighted by molar-refractivity contribution is -0.907. The molecule has 0 unspecified atom stereocenters. The Morgan fingerprint density at radius 1 is 1.25 bits per heavy atom. The lowest BCUT2D eigenvalue weighted by Gasteiger charge is -2.34. The molecule has 0 aromatic carbocycles. The van der Waals surface area contributed by atoms with Crippen molar-refractivity contribution in [3.05, 3.63) is 17.6 Å². The number of aromatic nitrogens is 2. The number of nitrogens with one attached hydrogen (secondary N) is 2. The van der Waals surface area contributed by atoms with E-state index < -0.39 is 5.54 Å². The van der Waals surface area contributed by atoms with Crippen molar-refractivity contribution >= 4 is 17.8 Å². The molecular weight excluding hydrogens is 356 g/mol. The monoisotopic (exact) mass is 387 g/mol. The third-order valence-corrected chi connectivity index (χ3v) is 6.25. The van der Waals surface area contributed by atoms with Crippen molar-refractivity contribution < 1.29 is 14.5 Å². The van der Waals surface area contributed by atoms with E-state index in [0.717, 1.165) is 56.4 Å². The van der Waals surface area contributed by atoms with Crippen molar-refractivity contribution in [1.82, 2.24) is 20.2 Å². The van der Waals surface area contributed by atoms with Gasteiger partial charge in [0.1, 0.15) is 17.2 Å². The maximum absolute atomic E-state index is 12.8. The molecule has 8 nitrogen and oxygen atoms in total. The molecule has 3 fully saturated rings. The summed E-state index contributed by atoms with van der Waals surface area (Å²) in [7, 11) is 0. The van der Waals surface area contributed by atoms with Gasteiger partial charge in [-0.2, -0.15) is 0 Å². The molecule has 3 heterocycles. The van der Waals surface area contributed by atoms with Crippen LogP contribution in [0.1, 0.15) is 51.0 Å². The Balaban J connectivity index is 1.37. The maximum Gasteiger partial charge on any atom is 0.329 e. The standard InChI is InChI=1S/C20H30N6O2/c1-13(2)17-21-14(3)11-16(22-17)25-9-7-24(8-10-25)12-26-18(27)20(4,15-5-6-15)23-19(26)28/h11,13,15H,5-10,12H2,1-4H3,(H,23,28)/p+1/t20-/m1/s1. The van der Waals surface area contributed by atoms with Gasteiger partial charge in [0.15, 0.2) is 6.67 Å². The van der Waals surface area contributed by atoms with Crippen molar-refractivity contribution in [1.29, 1.82) is 0 Å². The fraction of sp³-hybridized carbons (Fsp3) is 0.700. The van der Waals surface area contributed by atoms with Crippen molar-refractivity contribution in [2.24, 2.45) is 5.92 Å². The first-order valence-electron chi connectivity index (χ1n) is 10.4. The number of anilines is 1. The molecule has 0 spiro atoms. The van der Waals surface area contributed by atoms with Crippen LogP contribution in [0.3, 0.4) is 0 Å². The molecule has 0 radical (unpaired) electrons. The lowest BCUT2D eigenvalue weighted by Crippen LogP contribution is -3.16. The van der Waals surface area contributed by atoms with Crippen molar-refractivity contribution in [3.63, 3.8) is 0 Å². The summed E-state index contributed by atoms with van der Waals surface area (Å²) in [6.07, 6.45) is 2.05. The Morgan fingerprint density at radius 2 is 1.93 bits per heavy atom. The number of hydrogen-bond donors (Lipinski definition) is 2. The number of carbonyl (C=O) groups is 2. The van der Waals surface area contributed by atoms with Crippen LogP contribution >= 0.6 is 0 Å². The molecule has 3 aliphatic rings. The topological polar surface area (TPSA) is 82.9 Å². The van der Waals surface area contributed by atoms with Crippen LogP contribution in [0.15, 0.2) is 6.07 Å². The van der Waals surface area contributed by atoms with Gasteiger partial charge in [0, 0.05) is 17.7 Å². The molecule has 4 rings (SSSR count). The Morgan fingerprint density at radius 3 is 2.54 bits per heavy atom. The van der Waals surface area contributed by atoms with E-state index in [0.29, 0.717) is 18.5 Å². The van der Waals surface area contributed by atoms with Crippen LogP contribution in [-0.2, 0) is 4.79 Å². The summed E-state index contributed by atoms with van der Waals surface area (Å²) in [6.45, 7) is 12.0. The summed E-state index contributed by atoms with van der Waals surface area (Å²) < 4.78 is 0. The molecule has 8 heteroatoms. The fourth-order valence-electron chi connectivity index (χ4n) is 4.23. The second-order valence-corrected chi connectivity index (χ2v) is 8.92. The highest BCUT2D eigenvalue weighted by Gasteiger charge is 2.56. The van der Waals surface area contributed by atoms with Crippen LogP contribution in [-0.4, -0.2) is 65.2 Å². The van der Waals surface area contributed by atoms with Gasteiger partial charge in [-0.25, -0.2) is 19.7 Å². The van der Waals surface area contributed by atoms with Gasteiger partial charge in [-0.05, 0) is 32.6 Å². The summed E-state index contributed by atoms with van der Waals surface area (Å²) in [5.41, 5.74) is 0.298. The maximum atomic E-state index is 12.8. The molecule has 152 valence electrons. The highest BCUT2D eigenvalue weighted by molar-refractivity contribution is 6.07. The molecule has 28 heavy (non-hydrogen) atoms. The highest BCUT2D eigenvalue weighted by atomic mass is 16.2. The smallest absolute Gasteiger partial charge is 0.329 e. The number of aryl methyl sites for hydroxylation is 1. The van der Waals surface area contributed by atoms with E-state index in [1.54, 1.807) is 0 Å². The Bertz CT molecular complexity index is 785. The van der Waals surface area contributed by atoms with E-state index in [2.05, 4.69) is 29.0 Å². The first kappa shape index (κ1) is 19.1. The molecule has 1 aromatic heterocycles. The molecule has 2 saturated heterocycles. The molecule has 2 N–H and O–H groups in total. The van der Waals surface area contributed by atoms with Gasteiger partial charge in [0.25, 0.3) is 5.91 Å². The predicted molar refractivity (Wildman–Crippen MR) is 105 cm³/mol. The second-order valence-electron chi connectivity index (χ2n) is 8.92. The summed E-state index contributed by atoms with van der Waals surface area (Å²) >= 11 is 0. The molecule has 0 bridgehead atoms. The Labute approximate surface area is 166 Å². The first-order valence-corrected chi connectivity index (χ1v) is 10.4. The zero-order chi connectivity index (χ0) is 20.1. The molecule has 1 aromatic rings. The highest BCUT2D eigenvalue weighted by Crippen LogP contribution is 2.42. The predicted octanol–water partition coefficient (Wildman–Crippen LogP) is 0.291. The number of nitrogens with zero attached hydrogens (tertiary/aromatic N) is 4. The summed E-state index contributed by atoms with van der Waals surface area (Å²) in [4.78, 5) is 39.4. The number of hydrogen-bond acceptors (Lipinski definition) is 5. The number of imide groups is 1. The normalized spacial score (nSPS) is 26.3. The molecular formula is C20H31N6O2+. The van der Waals surface area contributed by atoms with Crippen molar-refractivity contribution in [2.45, 2.75) is 52.0 Å². The summed E-state index contributed by atoms with van der Waals surface area (Å²) in [6, 6.07) is 1.80. The van der Waals surface area contributed by atoms with E-state index in [1.807, 2.05) is 19.9 Å². The SMILES string of the molecule is Cc1cc(N2CC[NH+](CN3C(=O)N[C@](C)(C4CC4)C3=O)CC2)nc(C(C)C)n1.